The standard InChI is InChI=1S/C17H34N2/c1-4-7-16-8-5-6-11-19(16)17(13-18)12-14(2)9-10-15(17)3/h14-16H,4-13,18H2,1-3H3. The maximum Gasteiger partial charge on any atom is 0.0362 e. The lowest BCUT2D eigenvalue weighted by molar-refractivity contribution is -0.0499. The molecule has 0 spiro atoms. The summed E-state index contributed by atoms with van der Waals surface area (Å²) in [5, 5.41) is 0. The minimum Gasteiger partial charge on any atom is -0.329 e. The van der Waals surface area contributed by atoms with Crippen LogP contribution in [0.5, 0.6) is 0 Å². The van der Waals surface area contributed by atoms with Gasteiger partial charge in [-0.3, -0.25) is 4.90 Å². The third-order valence-corrected chi connectivity index (χ3v) is 5.89. The molecule has 2 aliphatic rings. The van der Waals surface area contributed by atoms with Crippen LogP contribution in [0.15, 0.2) is 0 Å². The van der Waals surface area contributed by atoms with E-state index in [0.717, 1.165) is 24.4 Å². The van der Waals surface area contributed by atoms with Crippen LogP contribution in [0.2, 0.25) is 0 Å². The highest BCUT2D eigenvalue weighted by atomic mass is 15.2. The zero-order chi connectivity index (χ0) is 13.9. The van der Waals surface area contributed by atoms with Gasteiger partial charge in [0.1, 0.15) is 0 Å². The van der Waals surface area contributed by atoms with E-state index in [2.05, 4.69) is 25.7 Å². The van der Waals surface area contributed by atoms with Crippen molar-refractivity contribution in [1.82, 2.24) is 4.90 Å². The van der Waals surface area contributed by atoms with E-state index in [1.807, 2.05) is 0 Å². The number of piperidine rings is 1. The van der Waals surface area contributed by atoms with E-state index in [-0.39, 0.29) is 0 Å². The van der Waals surface area contributed by atoms with Crippen LogP contribution in [0.4, 0.5) is 0 Å². The maximum absolute atomic E-state index is 6.34. The maximum atomic E-state index is 6.34. The largest absolute Gasteiger partial charge is 0.329 e. The zero-order valence-corrected chi connectivity index (χ0v) is 13.3. The van der Waals surface area contributed by atoms with E-state index in [1.165, 1.54) is 57.9 Å². The Hall–Kier alpha value is -0.0800. The lowest BCUT2D eigenvalue weighted by atomic mass is 9.67. The number of hydrogen-bond donors (Lipinski definition) is 1. The molecule has 2 N–H and O–H groups in total. The highest BCUT2D eigenvalue weighted by molar-refractivity contribution is 5.02. The lowest BCUT2D eigenvalue weighted by Gasteiger charge is -2.56. The molecule has 0 radical (unpaired) electrons. The van der Waals surface area contributed by atoms with Crippen molar-refractivity contribution in [2.75, 3.05) is 13.1 Å². The molecule has 0 bridgehead atoms. The van der Waals surface area contributed by atoms with E-state index in [4.69, 9.17) is 5.73 Å². The quantitative estimate of drug-likeness (QED) is 0.838. The lowest BCUT2D eigenvalue weighted by Crippen LogP contribution is -2.64. The van der Waals surface area contributed by atoms with Gasteiger partial charge < -0.3 is 5.73 Å². The fraction of sp³-hybridized carbons (Fsp3) is 1.00. The molecule has 0 aromatic rings. The molecule has 4 unspecified atom stereocenters. The van der Waals surface area contributed by atoms with E-state index in [9.17, 15) is 0 Å². The summed E-state index contributed by atoms with van der Waals surface area (Å²) < 4.78 is 0. The van der Waals surface area contributed by atoms with Gasteiger partial charge in [-0.1, -0.05) is 40.0 Å². The molecule has 19 heavy (non-hydrogen) atoms. The molecular formula is C17H34N2. The molecule has 0 amide bonds. The summed E-state index contributed by atoms with van der Waals surface area (Å²) in [6, 6.07) is 0.801. The van der Waals surface area contributed by atoms with Crippen LogP contribution in [-0.2, 0) is 0 Å². The summed E-state index contributed by atoms with van der Waals surface area (Å²) in [7, 11) is 0. The summed E-state index contributed by atoms with van der Waals surface area (Å²) in [5.74, 6) is 1.62. The van der Waals surface area contributed by atoms with Crippen LogP contribution in [0.25, 0.3) is 0 Å². The van der Waals surface area contributed by atoms with Gasteiger partial charge in [0.25, 0.3) is 0 Å². The monoisotopic (exact) mass is 266 g/mol. The summed E-state index contributed by atoms with van der Waals surface area (Å²) >= 11 is 0. The SMILES string of the molecule is CCCC1CCCCN1C1(CN)CC(C)CCC1C. The van der Waals surface area contributed by atoms with E-state index in [1.54, 1.807) is 0 Å². The van der Waals surface area contributed by atoms with Crippen molar-refractivity contribution in [3.8, 4) is 0 Å². The molecule has 4 atom stereocenters. The van der Waals surface area contributed by atoms with Crippen molar-refractivity contribution in [2.24, 2.45) is 17.6 Å². The van der Waals surface area contributed by atoms with Crippen molar-refractivity contribution in [1.29, 1.82) is 0 Å². The minimum absolute atomic E-state index is 0.303. The Kier molecular flexibility index (Phi) is 5.30. The van der Waals surface area contributed by atoms with Crippen LogP contribution < -0.4 is 5.73 Å². The molecule has 1 heterocycles. The van der Waals surface area contributed by atoms with Gasteiger partial charge in [0.05, 0.1) is 0 Å². The summed E-state index contributed by atoms with van der Waals surface area (Å²) in [6.07, 6.45) is 11.0. The smallest absolute Gasteiger partial charge is 0.0362 e. The Morgan fingerprint density at radius 1 is 1.16 bits per heavy atom. The topological polar surface area (TPSA) is 29.3 Å². The summed E-state index contributed by atoms with van der Waals surface area (Å²) in [6.45, 7) is 9.36. The van der Waals surface area contributed by atoms with Gasteiger partial charge in [0, 0.05) is 18.1 Å². The van der Waals surface area contributed by atoms with E-state index in [0.29, 0.717) is 5.54 Å². The number of nitrogens with two attached hydrogens (primary N) is 1. The molecule has 2 nitrogen and oxygen atoms in total. The Balaban J connectivity index is 2.21. The predicted molar refractivity (Wildman–Crippen MR) is 83.2 cm³/mol. The molecule has 1 aliphatic carbocycles. The average Bonchev–Trinajstić information content (AvgIpc) is 2.43. The van der Waals surface area contributed by atoms with Gasteiger partial charge in [0.15, 0.2) is 0 Å². The molecule has 0 aromatic heterocycles. The Morgan fingerprint density at radius 3 is 2.63 bits per heavy atom. The van der Waals surface area contributed by atoms with Gasteiger partial charge in [0.2, 0.25) is 0 Å². The van der Waals surface area contributed by atoms with Gasteiger partial charge in [-0.25, -0.2) is 0 Å². The molecule has 1 saturated carbocycles. The van der Waals surface area contributed by atoms with Gasteiger partial charge >= 0.3 is 0 Å². The fourth-order valence-electron chi connectivity index (χ4n) is 4.73. The van der Waals surface area contributed by atoms with Crippen LogP contribution in [0.3, 0.4) is 0 Å². The number of rotatable bonds is 4. The van der Waals surface area contributed by atoms with Gasteiger partial charge in [-0.15, -0.1) is 0 Å². The van der Waals surface area contributed by atoms with E-state index >= 15 is 0 Å². The first-order valence-corrected chi connectivity index (χ1v) is 8.61. The highest BCUT2D eigenvalue weighted by Crippen LogP contribution is 2.43. The first-order valence-electron chi connectivity index (χ1n) is 8.61. The second-order valence-corrected chi connectivity index (χ2v) is 7.23. The van der Waals surface area contributed by atoms with Crippen LogP contribution in [0.1, 0.15) is 72.1 Å². The summed E-state index contributed by atoms with van der Waals surface area (Å²) in [5.41, 5.74) is 6.64. The molecule has 112 valence electrons. The van der Waals surface area contributed by atoms with Crippen molar-refractivity contribution >= 4 is 0 Å². The highest BCUT2D eigenvalue weighted by Gasteiger charge is 2.46. The van der Waals surface area contributed by atoms with Crippen LogP contribution in [0, 0.1) is 11.8 Å². The number of hydrogen-bond acceptors (Lipinski definition) is 2. The molecule has 2 fully saturated rings. The Morgan fingerprint density at radius 2 is 1.95 bits per heavy atom. The van der Waals surface area contributed by atoms with E-state index < -0.39 is 0 Å². The molecular weight excluding hydrogens is 232 g/mol. The number of nitrogens with zero attached hydrogens (tertiary/aromatic N) is 1. The van der Waals surface area contributed by atoms with Crippen molar-refractivity contribution in [3.05, 3.63) is 0 Å². The second kappa shape index (κ2) is 6.58. The fourth-order valence-corrected chi connectivity index (χ4v) is 4.73. The van der Waals surface area contributed by atoms with Gasteiger partial charge in [-0.05, 0) is 50.5 Å². The Bertz CT molecular complexity index is 276. The second-order valence-electron chi connectivity index (χ2n) is 7.23. The molecule has 2 heteroatoms. The van der Waals surface area contributed by atoms with Crippen molar-refractivity contribution < 1.29 is 0 Å². The molecule has 1 saturated heterocycles. The van der Waals surface area contributed by atoms with Crippen molar-refractivity contribution in [2.45, 2.75) is 83.7 Å². The summed E-state index contributed by atoms with van der Waals surface area (Å²) in [4.78, 5) is 2.86. The van der Waals surface area contributed by atoms with Crippen LogP contribution in [-0.4, -0.2) is 29.6 Å². The van der Waals surface area contributed by atoms with Crippen LogP contribution >= 0.6 is 0 Å². The third-order valence-electron chi connectivity index (χ3n) is 5.89. The first kappa shape index (κ1) is 15.3. The third kappa shape index (κ3) is 3.00. The molecule has 0 aromatic carbocycles. The zero-order valence-electron chi connectivity index (χ0n) is 13.3. The predicted octanol–water partition coefficient (Wildman–Crippen LogP) is 3.79. The normalized spacial score (nSPS) is 41.4. The van der Waals surface area contributed by atoms with Crippen molar-refractivity contribution in [3.63, 3.8) is 0 Å². The average molecular weight is 266 g/mol. The minimum atomic E-state index is 0.303. The Labute approximate surface area is 120 Å². The number of likely N-dealkylation sites (tertiary alicyclic amines) is 1. The van der Waals surface area contributed by atoms with Gasteiger partial charge in [-0.2, -0.15) is 0 Å². The molecule has 2 rings (SSSR count). The first-order chi connectivity index (χ1) is 9.14. The molecule has 1 aliphatic heterocycles.